The first kappa shape index (κ1) is 48.0. The Morgan fingerprint density at radius 2 is 1.32 bits per heavy atom. The summed E-state index contributed by atoms with van der Waals surface area (Å²) in [5.41, 5.74) is 0.590. The number of hydrogen-bond donors (Lipinski definition) is 2. The molecule has 0 spiro atoms. The lowest BCUT2D eigenvalue weighted by molar-refractivity contribution is -0.159. The molecule has 2 aromatic rings. The SMILES string of the molecule is C=CCc1ccccc1OC(=O)C(C)(C)CC.CCC(C)(C)C(=O)Nc1cccc(C(=O)OC)c1.CCC(C)(C)C(=O)OCCOC(=O)CCC(=O)O. The minimum absolute atomic E-state index is 0.0128. The third-order valence-electron chi connectivity index (χ3n) is 8.58. The van der Waals surface area contributed by atoms with Gasteiger partial charge in [0, 0.05) is 11.1 Å². The Balaban J connectivity index is 0.000000766. The van der Waals surface area contributed by atoms with E-state index in [-0.39, 0.29) is 43.9 Å². The second-order valence-electron chi connectivity index (χ2n) is 14.0. The zero-order valence-corrected chi connectivity index (χ0v) is 33.1. The predicted molar refractivity (Wildman–Crippen MR) is 203 cm³/mol. The van der Waals surface area contributed by atoms with E-state index in [9.17, 15) is 28.8 Å². The number of rotatable bonds is 17. The van der Waals surface area contributed by atoms with Crippen LogP contribution >= 0.6 is 0 Å². The molecule has 12 heteroatoms. The van der Waals surface area contributed by atoms with Crippen molar-refractivity contribution in [3.05, 3.63) is 72.3 Å². The van der Waals surface area contributed by atoms with Crippen LogP contribution in [0.15, 0.2) is 61.2 Å². The lowest BCUT2D eigenvalue weighted by Gasteiger charge is -2.21. The van der Waals surface area contributed by atoms with E-state index in [1.54, 1.807) is 44.2 Å². The summed E-state index contributed by atoms with van der Waals surface area (Å²) in [6, 6.07) is 14.3. The number of carboxylic acid groups (broad SMARTS) is 1. The number of carbonyl (C=O) groups excluding carboxylic acids is 5. The lowest BCUT2D eigenvalue weighted by atomic mass is 9.89. The number of nitrogens with one attached hydrogen (secondary N) is 1. The lowest BCUT2D eigenvalue weighted by Crippen LogP contribution is -2.30. The van der Waals surface area contributed by atoms with E-state index < -0.39 is 34.2 Å². The van der Waals surface area contributed by atoms with Gasteiger partial charge in [-0.3, -0.25) is 24.0 Å². The van der Waals surface area contributed by atoms with Crippen LogP contribution in [0, 0.1) is 16.2 Å². The Morgan fingerprint density at radius 1 is 0.755 bits per heavy atom. The van der Waals surface area contributed by atoms with E-state index in [0.717, 1.165) is 18.4 Å². The molecule has 2 N–H and O–H groups in total. The first-order valence-electron chi connectivity index (χ1n) is 17.7. The van der Waals surface area contributed by atoms with Gasteiger partial charge in [0.1, 0.15) is 19.0 Å². The van der Waals surface area contributed by atoms with Crippen molar-refractivity contribution in [2.24, 2.45) is 16.2 Å². The van der Waals surface area contributed by atoms with Crippen molar-refractivity contribution in [3.63, 3.8) is 0 Å². The van der Waals surface area contributed by atoms with Gasteiger partial charge in [-0.1, -0.05) is 65.0 Å². The largest absolute Gasteiger partial charge is 0.481 e. The van der Waals surface area contributed by atoms with Gasteiger partial charge in [0.25, 0.3) is 0 Å². The van der Waals surface area contributed by atoms with E-state index in [2.05, 4.69) is 16.6 Å². The summed E-state index contributed by atoms with van der Waals surface area (Å²) in [5.74, 6) is -2.03. The topological polar surface area (TPSA) is 172 Å². The van der Waals surface area contributed by atoms with Crippen molar-refractivity contribution < 1.29 is 52.8 Å². The van der Waals surface area contributed by atoms with Crippen LogP contribution in [0.25, 0.3) is 0 Å². The fraction of sp³-hybridized carbons (Fsp3) is 0.512. The van der Waals surface area contributed by atoms with Gasteiger partial charge in [-0.15, -0.1) is 6.58 Å². The Labute approximate surface area is 314 Å². The number of allylic oxidation sites excluding steroid dienone is 1. The third kappa shape index (κ3) is 18.4. The first-order valence-corrected chi connectivity index (χ1v) is 17.7. The highest BCUT2D eigenvalue weighted by Gasteiger charge is 2.29. The summed E-state index contributed by atoms with van der Waals surface area (Å²) >= 11 is 0. The molecule has 0 saturated heterocycles. The summed E-state index contributed by atoms with van der Waals surface area (Å²) in [4.78, 5) is 68.1. The molecule has 0 aromatic heterocycles. The number of methoxy groups -OCH3 is 1. The second kappa shape index (κ2) is 23.5. The highest BCUT2D eigenvalue weighted by molar-refractivity contribution is 5.96. The van der Waals surface area contributed by atoms with Crippen molar-refractivity contribution in [2.75, 3.05) is 25.6 Å². The molecule has 0 aliphatic rings. The molecule has 1 amide bonds. The number of para-hydroxylation sites is 1. The summed E-state index contributed by atoms with van der Waals surface area (Å²) < 4.78 is 19.8. The quantitative estimate of drug-likeness (QED) is 0.0529. The molecule has 2 rings (SSSR count). The van der Waals surface area contributed by atoms with Gasteiger partial charge in [-0.25, -0.2) is 4.79 Å². The number of aliphatic carboxylic acids is 1. The number of ether oxygens (including phenoxy) is 4. The van der Waals surface area contributed by atoms with Gasteiger partial charge in [-0.2, -0.15) is 0 Å². The number of hydrogen-bond acceptors (Lipinski definition) is 10. The highest BCUT2D eigenvalue weighted by atomic mass is 16.6. The molecule has 0 heterocycles. The van der Waals surface area contributed by atoms with E-state index in [1.807, 2.05) is 72.7 Å². The monoisotopic (exact) mass is 741 g/mol. The zero-order chi connectivity index (χ0) is 40.8. The third-order valence-corrected chi connectivity index (χ3v) is 8.58. The van der Waals surface area contributed by atoms with Crippen LogP contribution in [-0.4, -0.2) is 61.2 Å². The summed E-state index contributed by atoms with van der Waals surface area (Å²) in [5, 5.41) is 11.2. The van der Waals surface area contributed by atoms with Gasteiger partial charge < -0.3 is 29.4 Å². The average molecular weight is 742 g/mol. The number of carboxylic acids is 1. The number of esters is 4. The van der Waals surface area contributed by atoms with Crippen LogP contribution in [-0.2, 0) is 44.6 Å². The molecule has 0 unspecified atom stereocenters. The molecule has 0 fully saturated rings. The van der Waals surface area contributed by atoms with E-state index in [0.29, 0.717) is 29.8 Å². The molecule has 0 bridgehead atoms. The number of anilines is 1. The standard InChI is InChI=1S/C15H20O2.C14H19NO3.C12H20O6/c1-5-9-12-10-7-8-11-13(12)17-14(16)15(3,4)6-2;1-5-14(2,3)13(17)15-11-8-6-7-10(9-11)12(16)18-4;1-4-12(2,3)11(16)18-8-7-17-10(15)6-5-9(13)14/h5,7-8,10-11H,1,6,9H2,2-4H3;6-9H,5H2,1-4H3,(H,15,17);4-8H2,1-3H3,(H,13,14). The fourth-order valence-electron chi connectivity index (χ4n) is 3.52. The Bertz CT molecular complexity index is 1530. The van der Waals surface area contributed by atoms with Crippen LogP contribution in [0.2, 0.25) is 0 Å². The molecule has 0 radical (unpaired) electrons. The van der Waals surface area contributed by atoms with E-state index in [1.165, 1.54) is 7.11 Å². The van der Waals surface area contributed by atoms with Crippen molar-refractivity contribution in [1.29, 1.82) is 0 Å². The van der Waals surface area contributed by atoms with Crippen molar-refractivity contribution in [2.45, 2.75) is 101 Å². The summed E-state index contributed by atoms with van der Waals surface area (Å²) in [7, 11) is 1.33. The predicted octanol–water partition coefficient (Wildman–Crippen LogP) is 7.98. The van der Waals surface area contributed by atoms with E-state index in [4.69, 9.17) is 19.3 Å². The van der Waals surface area contributed by atoms with Crippen LogP contribution in [0.4, 0.5) is 5.69 Å². The Hall–Kier alpha value is -5.00. The maximum absolute atomic E-state index is 12.0. The van der Waals surface area contributed by atoms with Gasteiger partial charge in [0.2, 0.25) is 5.91 Å². The Kier molecular flexibility index (Phi) is 21.3. The minimum Gasteiger partial charge on any atom is -0.481 e. The van der Waals surface area contributed by atoms with Crippen LogP contribution < -0.4 is 10.1 Å². The van der Waals surface area contributed by atoms with Crippen LogP contribution in [0.1, 0.15) is 110 Å². The number of benzene rings is 2. The maximum Gasteiger partial charge on any atom is 0.337 e. The minimum atomic E-state index is -1.05. The van der Waals surface area contributed by atoms with E-state index >= 15 is 0 Å². The van der Waals surface area contributed by atoms with Crippen LogP contribution in [0.3, 0.4) is 0 Å². The zero-order valence-electron chi connectivity index (χ0n) is 33.1. The van der Waals surface area contributed by atoms with Gasteiger partial charge in [-0.05, 0) is 83.2 Å². The second-order valence-corrected chi connectivity index (χ2v) is 14.0. The number of amides is 1. The molecule has 0 aliphatic heterocycles. The van der Waals surface area contributed by atoms with Gasteiger partial charge in [0.05, 0.1) is 36.3 Å². The molecule has 0 saturated carbocycles. The molecular formula is C41H59NO11. The molecule has 294 valence electrons. The Morgan fingerprint density at radius 3 is 1.87 bits per heavy atom. The molecule has 0 aliphatic carbocycles. The molecule has 2 aromatic carbocycles. The van der Waals surface area contributed by atoms with Crippen LogP contribution in [0.5, 0.6) is 5.75 Å². The number of carbonyl (C=O) groups is 6. The maximum atomic E-state index is 12.0. The molecular weight excluding hydrogens is 682 g/mol. The first-order chi connectivity index (χ1) is 24.7. The van der Waals surface area contributed by atoms with Gasteiger partial charge >= 0.3 is 29.8 Å². The highest BCUT2D eigenvalue weighted by Crippen LogP contribution is 2.26. The van der Waals surface area contributed by atoms with Crippen molar-refractivity contribution in [3.8, 4) is 5.75 Å². The van der Waals surface area contributed by atoms with Gasteiger partial charge in [0.15, 0.2) is 0 Å². The molecule has 0 atom stereocenters. The average Bonchev–Trinajstić information content (AvgIpc) is 3.13. The normalized spacial score (nSPS) is 10.9. The molecule has 12 nitrogen and oxygen atoms in total. The van der Waals surface area contributed by atoms with Crippen molar-refractivity contribution in [1.82, 2.24) is 0 Å². The molecule has 53 heavy (non-hydrogen) atoms. The smallest absolute Gasteiger partial charge is 0.337 e. The fourth-order valence-corrected chi connectivity index (χ4v) is 3.52. The van der Waals surface area contributed by atoms with Crippen molar-refractivity contribution >= 4 is 41.4 Å². The summed E-state index contributed by atoms with van der Waals surface area (Å²) in [6.07, 6.45) is 4.23. The summed E-state index contributed by atoms with van der Waals surface area (Å²) in [6.45, 7) is 20.6.